The topological polar surface area (TPSA) is 31.2 Å². The number of fused-ring (bicyclic) bond motifs is 1. The molecule has 0 amide bonds. The maximum absolute atomic E-state index is 5.01. The summed E-state index contributed by atoms with van der Waals surface area (Å²) >= 11 is 0. The summed E-state index contributed by atoms with van der Waals surface area (Å²) in [5, 5.41) is 0. The van der Waals surface area contributed by atoms with Crippen LogP contribution in [0.1, 0.15) is 12.0 Å². The number of dihydropyridines is 1. The molecule has 1 unspecified atom stereocenters. The molecule has 0 fully saturated rings. The highest BCUT2D eigenvalue weighted by Crippen LogP contribution is 2.36. The van der Waals surface area contributed by atoms with Gasteiger partial charge in [0, 0.05) is 40.9 Å². The zero-order valence-corrected chi connectivity index (χ0v) is 18.7. The van der Waals surface area contributed by atoms with E-state index < -0.39 is 0 Å². The average molecular weight is 441 g/mol. The maximum atomic E-state index is 5.01. The molecule has 164 valence electrons. The summed E-state index contributed by atoms with van der Waals surface area (Å²) in [6.07, 6.45) is 4.87. The van der Waals surface area contributed by atoms with Crippen molar-refractivity contribution in [2.75, 3.05) is 9.80 Å². The molecule has 4 aromatic carbocycles. The molecule has 0 saturated heterocycles. The molecule has 1 atom stereocenters. The van der Waals surface area contributed by atoms with Gasteiger partial charge < -0.3 is 4.90 Å². The minimum atomic E-state index is -0.101. The minimum Gasteiger partial charge on any atom is -0.311 e. The normalized spacial score (nSPS) is 16.6. The Labute approximate surface area is 199 Å². The van der Waals surface area contributed by atoms with E-state index in [1.54, 1.807) is 0 Å². The van der Waals surface area contributed by atoms with Gasteiger partial charge in [0.15, 0.2) is 6.17 Å². The van der Waals surface area contributed by atoms with Crippen molar-refractivity contribution < 1.29 is 0 Å². The van der Waals surface area contributed by atoms with Crippen LogP contribution in [-0.4, -0.2) is 18.2 Å². The molecule has 0 bridgehead atoms. The SMILES string of the molecule is C1=NC2C(=CC1)N=C(c1ccc(N(c3ccccc3)c3ccccc3)cc1)N2c1ccccc1. The van der Waals surface area contributed by atoms with E-state index in [4.69, 9.17) is 9.98 Å². The summed E-state index contributed by atoms with van der Waals surface area (Å²) < 4.78 is 0. The minimum absolute atomic E-state index is 0.101. The lowest BCUT2D eigenvalue weighted by Gasteiger charge is -2.28. The first-order valence-electron chi connectivity index (χ1n) is 11.5. The molecule has 0 saturated carbocycles. The maximum Gasteiger partial charge on any atom is 0.168 e. The van der Waals surface area contributed by atoms with Gasteiger partial charge in [0.2, 0.25) is 0 Å². The molecule has 0 aliphatic carbocycles. The Balaban J connectivity index is 1.40. The average Bonchev–Trinajstić information content (AvgIpc) is 3.31. The molecule has 6 rings (SSSR count). The van der Waals surface area contributed by atoms with Gasteiger partial charge in [-0.1, -0.05) is 60.7 Å². The first-order chi connectivity index (χ1) is 16.9. The van der Waals surface area contributed by atoms with Gasteiger partial charge in [-0.15, -0.1) is 0 Å². The first-order valence-corrected chi connectivity index (χ1v) is 11.5. The zero-order chi connectivity index (χ0) is 22.7. The molecule has 0 N–H and O–H groups in total. The third-order valence-electron chi connectivity index (χ3n) is 6.10. The van der Waals surface area contributed by atoms with Crippen LogP contribution in [-0.2, 0) is 0 Å². The molecular weight excluding hydrogens is 416 g/mol. The standard InChI is InChI=1S/C30H24N4/c1-4-11-24(12-5-1)33(25-13-6-2-7-14-25)27-20-18-23(19-21-27)29-32-28-17-10-22-31-30(28)34(29)26-15-8-3-9-16-26/h1-9,11-22,30H,10H2. The summed E-state index contributed by atoms with van der Waals surface area (Å²) in [6, 6.07) is 39.9. The monoisotopic (exact) mass is 440 g/mol. The second kappa shape index (κ2) is 8.83. The Morgan fingerprint density at radius 1 is 0.647 bits per heavy atom. The molecule has 0 radical (unpaired) electrons. The van der Waals surface area contributed by atoms with Crippen LogP contribution in [0.25, 0.3) is 0 Å². The third-order valence-corrected chi connectivity index (χ3v) is 6.10. The number of para-hydroxylation sites is 3. The first kappa shape index (κ1) is 20.2. The number of hydrogen-bond acceptors (Lipinski definition) is 4. The van der Waals surface area contributed by atoms with Crippen LogP contribution < -0.4 is 9.80 Å². The van der Waals surface area contributed by atoms with Crippen molar-refractivity contribution in [3.05, 3.63) is 133 Å². The molecule has 4 nitrogen and oxygen atoms in total. The highest BCUT2D eigenvalue weighted by atomic mass is 15.3. The molecule has 2 aliphatic heterocycles. The number of hydrogen-bond donors (Lipinski definition) is 0. The number of allylic oxidation sites excluding steroid dienone is 1. The van der Waals surface area contributed by atoms with Gasteiger partial charge in [0.25, 0.3) is 0 Å². The highest BCUT2D eigenvalue weighted by Gasteiger charge is 2.34. The molecule has 2 aliphatic rings. The van der Waals surface area contributed by atoms with Crippen molar-refractivity contribution in [1.82, 2.24) is 0 Å². The highest BCUT2D eigenvalue weighted by molar-refractivity contribution is 6.13. The Bertz CT molecular complexity index is 1320. The van der Waals surface area contributed by atoms with Crippen molar-refractivity contribution in [1.29, 1.82) is 0 Å². The van der Waals surface area contributed by atoms with Crippen LogP contribution in [0.2, 0.25) is 0 Å². The Kier molecular flexibility index (Phi) is 5.24. The lowest BCUT2D eigenvalue weighted by Crippen LogP contribution is -2.36. The number of amidine groups is 1. The van der Waals surface area contributed by atoms with Crippen LogP contribution in [0.4, 0.5) is 22.7 Å². The summed E-state index contributed by atoms with van der Waals surface area (Å²) in [5.74, 6) is 0.930. The number of anilines is 4. The smallest absolute Gasteiger partial charge is 0.168 e. The van der Waals surface area contributed by atoms with E-state index in [1.165, 1.54) is 0 Å². The molecule has 4 aromatic rings. The van der Waals surface area contributed by atoms with E-state index >= 15 is 0 Å². The van der Waals surface area contributed by atoms with E-state index in [1.807, 2.05) is 24.4 Å². The Hall–Kier alpha value is -4.44. The number of benzene rings is 4. The number of rotatable bonds is 5. The quantitative estimate of drug-likeness (QED) is 0.331. The molecule has 0 aromatic heterocycles. The van der Waals surface area contributed by atoms with Crippen molar-refractivity contribution in [3.63, 3.8) is 0 Å². The molecule has 34 heavy (non-hydrogen) atoms. The van der Waals surface area contributed by atoms with Crippen LogP contribution in [0.3, 0.4) is 0 Å². The largest absolute Gasteiger partial charge is 0.311 e. The van der Waals surface area contributed by atoms with E-state index in [2.05, 4.69) is 113 Å². The van der Waals surface area contributed by atoms with Gasteiger partial charge >= 0.3 is 0 Å². The molecular formula is C30H24N4. The molecule has 4 heteroatoms. The molecule has 2 heterocycles. The second-order valence-corrected chi connectivity index (χ2v) is 8.26. The van der Waals surface area contributed by atoms with Crippen LogP contribution in [0.5, 0.6) is 0 Å². The van der Waals surface area contributed by atoms with Crippen LogP contribution in [0.15, 0.2) is 137 Å². The van der Waals surface area contributed by atoms with Gasteiger partial charge in [-0.05, 0) is 60.7 Å². The van der Waals surface area contributed by atoms with E-state index in [0.29, 0.717) is 0 Å². The van der Waals surface area contributed by atoms with Crippen LogP contribution >= 0.6 is 0 Å². The lowest BCUT2D eigenvalue weighted by molar-refractivity contribution is 0.813. The third kappa shape index (κ3) is 3.69. The summed E-state index contributed by atoms with van der Waals surface area (Å²) in [5.41, 5.74) is 6.51. The van der Waals surface area contributed by atoms with Crippen molar-refractivity contribution in [2.45, 2.75) is 12.6 Å². The predicted molar refractivity (Wildman–Crippen MR) is 142 cm³/mol. The Morgan fingerprint density at radius 2 is 1.21 bits per heavy atom. The van der Waals surface area contributed by atoms with Gasteiger partial charge in [-0.3, -0.25) is 9.89 Å². The van der Waals surface area contributed by atoms with Crippen molar-refractivity contribution >= 4 is 34.8 Å². The van der Waals surface area contributed by atoms with E-state index in [9.17, 15) is 0 Å². The van der Waals surface area contributed by atoms with Gasteiger partial charge in [0.05, 0.1) is 5.70 Å². The summed E-state index contributed by atoms with van der Waals surface area (Å²) in [4.78, 5) is 14.3. The zero-order valence-electron chi connectivity index (χ0n) is 18.7. The van der Waals surface area contributed by atoms with E-state index in [0.717, 1.165) is 46.3 Å². The van der Waals surface area contributed by atoms with Crippen LogP contribution in [0, 0.1) is 0 Å². The van der Waals surface area contributed by atoms with E-state index in [-0.39, 0.29) is 6.17 Å². The molecule has 0 spiro atoms. The number of aliphatic imine (C=N–C) groups is 2. The predicted octanol–water partition coefficient (Wildman–Crippen LogP) is 7.11. The summed E-state index contributed by atoms with van der Waals surface area (Å²) in [7, 11) is 0. The Morgan fingerprint density at radius 3 is 1.82 bits per heavy atom. The number of nitrogens with zero attached hydrogens (tertiary/aromatic N) is 4. The van der Waals surface area contributed by atoms with Gasteiger partial charge in [-0.2, -0.15) is 0 Å². The van der Waals surface area contributed by atoms with Gasteiger partial charge in [-0.25, -0.2) is 4.99 Å². The fourth-order valence-corrected chi connectivity index (χ4v) is 4.53. The van der Waals surface area contributed by atoms with Crippen molar-refractivity contribution in [2.24, 2.45) is 9.98 Å². The van der Waals surface area contributed by atoms with Gasteiger partial charge in [0.1, 0.15) is 5.84 Å². The van der Waals surface area contributed by atoms with Crippen molar-refractivity contribution in [3.8, 4) is 0 Å². The second-order valence-electron chi connectivity index (χ2n) is 8.26. The lowest BCUT2D eigenvalue weighted by atomic mass is 10.1. The summed E-state index contributed by atoms with van der Waals surface area (Å²) in [6.45, 7) is 0. The fraction of sp³-hybridized carbons (Fsp3) is 0.0667. The fourth-order valence-electron chi connectivity index (χ4n) is 4.53.